The molecule has 1 aliphatic rings. The lowest BCUT2D eigenvalue weighted by Gasteiger charge is -2.36. The van der Waals surface area contributed by atoms with Crippen LogP contribution in [0, 0.1) is 0 Å². The quantitative estimate of drug-likeness (QED) is 0.510. The van der Waals surface area contributed by atoms with Gasteiger partial charge >= 0.3 is 0 Å². The van der Waals surface area contributed by atoms with Gasteiger partial charge in [0.05, 0.1) is 18.5 Å². The number of guanidine groups is 1. The largest absolute Gasteiger partial charge is 0.459 e. The van der Waals surface area contributed by atoms with Crippen molar-refractivity contribution in [1.29, 1.82) is 0 Å². The van der Waals surface area contributed by atoms with Crippen LogP contribution in [-0.2, 0) is 6.54 Å². The highest BCUT2D eigenvalue weighted by molar-refractivity contribution is 5.91. The molecule has 31 heavy (non-hydrogen) atoms. The predicted octanol–water partition coefficient (Wildman–Crippen LogP) is 3.27. The van der Waals surface area contributed by atoms with E-state index in [0.717, 1.165) is 42.4 Å². The number of furan rings is 1. The van der Waals surface area contributed by atoms with Gasteiger partial charge in [-0.25, -0.2) is 4.99 Å². The van der Waals surface area contributed by atoms with E-state index in [0.29, 0.717) is 25.4 Å². The molecule has 1 aliphatic heterocycles. The SMILES string of the molecule is CCNC(=NCc1cccc(-c2ccccn2)c1)N1CCN(C(=O)c2ccco2)CC1. The summed E-state index contributed by atoms with van der Waals surface area (Å²) in [6.45, 7) is 6.16. The van der Waals surface area contributed by atoms with Gasteiger partial charge in [0, 0.05) is 44.5 Å². The second kappa shape index (κ2) is 9.93. The number of nitrogens with one attached hydrogen (secondary N) is 1. The van der Waals surface area contributed by atoms with Gasteiger partial charge in [0.2, 0.25) is 0 Å². The van der Waals surface area contributed by atoms with Crippen molar-refractivity contribution in [3.63, 3.8) is 0 Å². The lowest BCUT2D eigenvalue weighted by atomic mass is 10.1. The van der Waals surface area contributed by atoms with Crippen LogP contribution in [0.5, 0.6) is 0 Å². The second-order valence-corrected chi connectivity index (χ2v) is 7.34. The van der Waals surface area contributed by atoms with Crippen LogP contribution in [0.15, 0.2) is 76.5 Å². The zero-order chi connectivity index (χ0) is 21.5. The van der Waals surface area contributed by atoms with Gasteiger partial charge in [-0.15, -0.1) is 0 Å². The molecule has 160 valence electrons. The number of benzene rings is 1. The van der Waals surface area contributed by atoms with Crippen LogP contribution in [-0.4, -0.2) is 59.4 Å². The van der Waals surface area contributed by atoms with Gasteiger partial charge in [-0.05, 0) is 42.8 Å². The summed E-state index contributed by atoms with van der Waals surface area (Å²) in [4.78, 5) is 25.8. The third-order valence-corrected chi connectivity index (χ3v) is 5.23. The molecule has 1 fully saturated rings. The van der Waals surface area contributed by atoms with Gasteiger partial charge in [-0.2, -0.15) is 0 Å². The number of amides is 1. The number of hydrogen-bond donors (Lipinski definition) is 1. The van der Waals surface area contributed by atoms with E-state index in [9.17, 15) is 4.79 Å². The summed E-state index contributed by atoms with van der Waals surface area (Å²) in [5, 5.41) is 3.38. The third-order valence-electron chi connectivity index (χ3n) is 5.23. The average Bonchev–Trinajstić information content (AvgIpc) is 3.37. The summed E-state index contributed by atoms with van der Waals surface area (Å²) >= 11 is 0. The van der Waals surface area contributed by atoms with Crippen molar-refractivity contribution in [2.75, 3.05) is 32.7 Å². The molecular weight excluding hydrogens is 390 g/mol. The van der Waals surface area contributed by atoms with Gasteiger partial charge in [-0.1, -0.05) is 24.3 Å². The Balaban J connectivity index is 1.41. The molecule has 1 amide bonds. The minimum atomic E-state index is -0.0575. The molecule has 7 heteroatoms. The summed E-state index contributed by atoms with van der Waals surface area (Å²) in [6.07, 6.45) is 3.34. The first-order valence-electron chi connectivity index (χ1n) is 10.6. The topological polar surface area (TPSA) is 74.0 Å². The molecule has 0 saturated carbocycles. The number of aliphatic imine (C=N–C) groups is 1. The number of carbonyl (C=O) groups is 1. The molecule has 1 N–H and O–H groups in total. The molecule has 4 rings (SSSR count). The number of hydrogen-bond acceptors (Lipinski definition) is 4. The van der Waals surface area contributed by atoms with Gasteiger partial charge < -0.3 is 19.5 Å². The Labute approximate surface area is 182 Å². The molecule has 1 aromatic carbocycles. The van der Waals surface area contributed by atoms with Gasteiger partial charge in [0.1, 0.15) is 0 Å². The molecule has 0 bridgehead atoms. The van der Waals surface area contributed by atoms with Crippen molar-refractivity contribution in [2.24, 2.45) is 4.99 Å². The third kappa shape index (κ3) is 5.12. The molecule has 3 aromatic rings. The summed E-state index contributed by atoms with van der Waals surface area (Å²) in [7, 11) is 0. The fourth-order valence-corrected chi connectivity index (χ4v) is 3.63. The van der Waals surface area contributed by atoms with Crippen molar-refractivity contribution in [3.8, 4) is 11.3 Å². The Morgan fingerprint density at radius 2 is 1.90 bits per heavy atom. The Morgan fingerprint density at radius 3 is 2.61 bits per heavy atom. The van der Waals surface area contributed by atoms with Crippen LogP contribution < -0.4 is 5.32 Å². The summed E-state index contributed by atoms with van der Waals surface area (Å²) < 4.78 is 5.25. The molecule has 1 saturated heterocycles. The number of piperazine rings is 1. The Morgan fingerprint density at radius 1 is 1.06 bits per heavy atom. The van der Waals surface area contributed by atoms with Crippen LogP contribution in [0.2, 0.25) is 0 Å². The molecule has 0 radical (unpaired) electrons. The van der Waals surface area contributed by atoms with E-state index in [1.165, 1.54) is 6.26 Å². The van der Waals surface area contributed by atoms with Crippen LogP contribution in [0.25, 0.3) is 11.3 Å². The molecule has 0 spiro atoms. The maximum Gasteiger partial charge on any atom is 0.289 e. The van der Waals surface area contributed by atoms with E-state index in [-0.39, 0.29) is 5.91 Å². The summed E-state index contributed by atoms with van der Waals surface area (Å²) in [5.41, 5.74) is 3.17. The Bertz CT molecular complexity index is 1010. The van der Waals surface area contributed by atoms with Crippen LogP contribution in [0.3, 0.4) is 0 Å². The number of aromatic nitrogens is 1. The number of nitrogens with zero attached hydrogens (tertiary/aromatic N) is 4. The summed E-state index contributed by atoms with van der Waals surface area (Å²) in [5.74, 6) is 1.20. The number of pyridine rings is 1. The van der Waals surface area contributed by atoms with E-state index in [2.05, 4.69) is 40.3 Å². The normalized spacial score (nSPS) is 14.5. The average molecular weight is 418 g/mol. The molecule has 3 heterocycles. The fraction of sp³-hybridized carbons (Fsp3) is 0.292. The first-order chi connectivity index (χ1) is 15.2. The minimum absolute atomic E-state index is 0.0575. The second-order valence-electron chi connectivity index (χ2n) is 7.34. The zero-order valence-electron chi connectivity index (χ0n) is 17.7. The van der Waals surface area contributed by atoms with Gasteiger partial charge in [0.15, 0.2) is 11.7 Å². The van der Waals surface area contributed by atoms with Crippen molar-refractivity contribution in [1.82, 2.24) is 20.1 Å². The first-order valence-corrected chi connectivity index (χ1v) is 10.6. The van der Waals surface area contributed by atoms with E-state index < -0.39 is 0 Å². The van der Waals surface area contributed by atoms with Gasteiger partial charge in [0.25, 0.3) is 5.91 Å². The van der Waals surface area contributed by atoms with E-state index >= 15 is 0 Å². The van der Waals surface area contributed by atoms with Crippen molar-refractivity contribution < 1.29 is 9.21 Å². The van der Waals surface area contributed by atoms with Crippen molar-refractivity contribution >= 4 is 11.9 Å². The molecular formula is C24H27N5O2. The van der Waals surface area contributed by atoms with Crippen LogP contribution in [0.4, 0.5) is 0 Å². The minimum Gasteiger partial charge on any atom is -0.459 e. The fourth-order valence-electron chi connectivity index (χ4n) is 3.63. The monoisotopic (exact) mass is 417 g/mol. The van der Waals surface area contributed by atoms with Crippen molar-refractivity contribution in [3.05, 3.63) is 78.4 Å². The molecule has 7 nitrogen and oxygen atoms in total. The zero-order valence-corrected chi connectivity index (χ0v) is 17.7. The molecule has 2 aromatic heterocycles. The maximum absolute atomic E-state index is 12.5. The van der Waals surface area contributed by atoms with Crippen LogP contribution in [0.1, 0.15) is 23.0 Å². The standard InChI is InChI=1S/C24H27N5O2/c1-2-25-24(29-14-12-28(13-15-29)23(30)22-10-6-16-31-22)27-18-19-7-5-8-20(17-19)21-9-3-4-11-26-21/h3-11,16-17H,2,12-15,18H2,1H3,(H,25,27). The Hall–Kier alpha value is -3.61. The number of rotatable bonds is 5. The highest BCUT2D eigenvalue weighted by atomic mass is 16.3. The molecule has 0 unspecified atom stereocenters. The van der Waals surface area contributed by atoms with E-state index in [1.54, 1.807) is 18.3 Å². The molecule has 0 aliphatic carbocycles. The predicted molar refractivity (Wildman–Crippen MR) is 121 cm³/mol. The van der Waals surface area contributed by atoms with E-state index in [1.807, 2.05) is 29.2 Å². The Kier molecular flexibility index (Phi) is 6.62. The lowest BCUT2D eigenvalue weighted by Crippen LogP contribution is -2.53. The molecule has 0 atom stereocenters. The number of carbonyl (C=O) groups excluding carboxylic acids is 1. The van der Waals surface area contributed by atoms with Crippen molar-refractivity contribution in [2.45, 2.75) is 13.5 Å². The highest BCUT2D eigenvalue weighted by Gasteiger charge is 2.25. The van der Waals surface area contributed by atoms with Crippen LogP contribution >= 0.6 is 0 Å². The first kappa shape index (κ1) is 20.7. The maximum atomic E-state index is 12.5. The summed E-state index contributed by atoms with van der Waals surface area (Å²) in [6, 6.07) is 17.7. The van der Waals surface area contributed by atoms with Gasteiger partial charge in [-0.3, -0.25) is 9.78 Å². The highest BCUT2D eigenvalue weighted by Crippen LogP contribution is 2.18. The lowest BCUT2D eigenvalue weighted by molar-refractivity contribution is 0.0657. The van der Waals surface area contributed by atoms with E-state index in [4.69, 9.17) is 9.41 Å². The smallest absolute Gasteiger partial charge is 0.289 e.